The molecule has 60 valence electrons. The number of hydrogen-bond donors (Lipinski definition) is 0. The molecule has 11 heavy (non-hydrogen) atoms. The number of pyridine rings is 1. The van der Waals surface area contributed by atoms with E-state index in [2.05, 4.69) is 4.98 Å². The molecule has 0 aromatic carbocycles. The third-order valence-electron chi connectivity index (χ3n) is 1.08. The topological polar surface area (TPSA) is 22.1 Å². The first-order chi connectivity index (χ1) is 5.24. The van der Waals surface area contributed by atoms with Gasteiger partial charge in [0.1, 0.15) is 0 Å². The number of aromatic nitrogens is 1. The van der Waals surface area contributed by atoms with Gasteiger partial charge in [0.15, 0.2) is 0 Å². The molecule has 1 heterocycles. The molecule has 1 aromatic heterocycles. The van der Waals surface area contributed by atoms with Crippen molar-refractivity contribution in [3.8, 4) is 5.88 Å². The minimum Gasteiger partial charge on any atom is -0.478 e. The van der Waals surface area contributed by atoms with Crippen molar-refractivity contribution in [1.82, 2.24) is 4.98 Å². The van der Waals surface area contributed by atoms with Crippen molar-refractivity contribution in [3.63, 3.8) is 0 Å². The van der Waals surface area contributed by atoms with E-state index < -0.39 is 0 Å². The van der Waals surface area contributed by atoms with Crippen LogP contribution < -0.4 is 4.74 Å². The molecule has 0 aliphatic heterocycles. The summed E-state index contributed by atoms with van der Waals surface area (Å²) in [4.78, 5) is 3.89. The van der Waals surface area contributed by atoms with Crippen molar-refractivity contribution in [1.29, 1.82) is 0 Å². The lowest BCUT2D eigenvalue weighted by Crippen LogP contribution is -1.93. The zero-order chi connectivity index (χ0) is 8.27. The Labute approximate surface area is 75.1 Å². The van der Waals surface area contributed by atoms with Crippen molar-refractivity contribution >= 4 is 23.2 Å². The summed E-state index contributed by atoms with van der Waals surface area (Å²) in [5.41, 5.74) is 0. The van der Waals surface area contributed by atoms with Gasteiger partial charge in [0, 0.05) is 6.07 Å². The van der Waals surface area contributed by atoms with Crippen molar-refractivity contribution in [2.24, 2.45) is 0 Å². The minimum absolute atomic E-state index is 0.440. The third-order valence-corrected chi connectivity index (χ3v) is 1.79. The summed E-state index contributed by atoms with van der Waals surface area (Å²) in [5.74, 6) is 0.502. The highest BCUT2D eigenvalue weighted by Crippen LogP contribution is 2.23. The summed E-state index contributed by atoms with van der Waals surface area (Å²) in [7, 11) is 0. The van der Waals surface area contributed by atoms with Gasteiger partial charge in [0.25, 0.3) is 0 Å². The first kappa shape index (κ1) is 8.62. The van der Waals surface area contributed by atoms with Crippen LogP contribution in [0.2, 0.25) is 10.0 Å². The summed E-state index contributed by atoms with van der Waals surface area (Å²) >= 11 is 11.3. The van der Waals surface area contributed by atoms with E-state index in [1.165, 1.54) is 6.20 Å². The van der Waals surface area contributed by atoms with Gasteiger partial charge in [0.2, 0.25) is 5.88 Å². The Morgan fingerprint density at radius 1 is 1.45 bits per heavy atom. The lowest BCUT2D eigenvalue weighted by atomic mass is 10.5. The molecule has 4 heteroatoms. The predicted molar refractivity (Wildman–Crippen MR) is 45.4 cm³/mol. The Kier molecular flexibility index (Phi) is 2.97. The number of hydrogen-bond acceptors (Lipinski definition) is 2. The minimum atomic E-state index is 0.440. The molecule has 0 bridgehead atoms. The molecule has 0 fully saturated rings. The summed E-state index contributed by atoms with van der Waals surface area (Å²) in [6.45, 7) is 2.45. The van der Waals surface area contributed by atoms with E-state index in [1.54, 1.807) is 6.07 Å². The molecule has 0 atom stereocenters. The maximum atomic E-state index is 5.70. The van der Waals surface area contributed by atoms with Crippen LogP contribution in [-0.4, -0.2) is 11.6 Å². The average Bonchev–Trinajstić information content (AvgIpc) is 1.98. The van der Waals surface area contributed by atoms with Crippen LogP contribution in [0, 0.1) is 0 Å². The summed E-state index contributed by atoms with van der Waals surface area (Å²) < 4.78 is 5.09. The molecule has 0 spiro atoms. The van der Waals surface area contributed by atoms with Gasteiger partial charge in [-0.2, -0.15) is 0 Å². The summed E-state index contributed by atoms with van der Waals surface area (Å²) in [5, 5.41) is 0.903. The molecule has 2 nitrogen and oxygen atoms in total. The number of nitrogens with zero attached hydrogens (tertiary/aromatic N) is 1. The lowest BCUT2D eigenvalue weighted by Gasteiger charge is -2.01. The van der Waals surface area contributed by atoms with Crippen LogP contribution in [0.4, 0.5) is 0 Å². The van der Waals surface area contributed by atoms with Crippen molar-refractivity contribution in [3.05, 3.63) is 22.3 Å². The molecule has 1 rings (SSSR count). The first-order valence-corrected chi connectivity index (χ1v) is 3.93. The maximum Gasteiger partial charge on any atom is 0.214 e. The molecule has 0 aliphatic rings. The Morgan fingerprint density at radius 3 is 2.73 bits per heavy atom. The Hall–Kier alpha value is -0.470. The maximum absolute atomic E-state index is 5.70. The third kappa shape index (κ3) is 2.24. The van der Waals surface area contributed by atoms with Crippen LogP contribution in [0.5, 0.6) is 5.88 Å². The Morgan fingerprint density at radius 2 is 2.18 bits per heavy atom. The summed E-state index contributed by atoms with van der Waals surface area (Å²) in [6, 6.07) is 1.59. The van der Waals surface area contributed by atoms with Gasteiger partial charge in [-0.3, -0.25) is 0 Å². The zero-order valence-corrected chi connectivity index (χ0v) is 7.49. The van der Waals surface area contributed by atoms with Gasteiger partial charge in [0.05, 0.1) is 22.8 Å². The molecular weight excluding hydrogens is 185 g/mol. The molecular formula is C7H7Cl2NO. The molecule has 0 saturated carbocycles. The fourth-order valence-electron chi connectivity index (χ4n) is 0.623. The van der Waals surface area contributed by atoms with Gasteiger partial charge in [-0.1, -0.05) is 23.2 Å². The van der Waals surface area contributed by atoms with Gasteiger partial charge in [-0.05, 0) is 6.92 Å². The number of rotatable bonds is 2. The van der Waals surface area contributed by atoms with Crippen LogP contribution in [0.3, 0.4) is 0 Å². The average molecular weight is 192 g/mol. The van der Waals surface area contributed by atoms with E-state index in [9.17, 15) is 0 Å². The SMILES string of the molecule is CCOc1cc(Cl)c(Cl)cn1. The van der Waals surface area contributed by atoms with Crippen LogP contribution in [0.15, 0.2) is 12.3 Å². The molecule has 0 aliphatic carbocycles. The van der Waals surface area contributed by atoms with E-state index in [-0.39, 0.29) is 0 Å². The Balaban J connectivity index is 2.86. The fourth-order valence-corrected chi connectivity index (χ4v) is 0.869. The highest BCUT2D eigenvalue weighted by molar-refractivity contribution is 6.41. The van der Waals surface area contributed by atoms with Crippen LogP contribution >= 0.6 is 23.2 Å². The number of halogens is 2. The standard InChI is InChI=1S/C7H7Cl2NO/c1-2-11-7-3-5(8)6(9)4-10-7/h3-4H,2H2,1H3. The quantitative estimate of drug-likeness (QED) is 0.718. The second-order valence-electron chi connectivity index (χ2n) is 1.87. The van der Waals surface area contributed by atoms with Crippen LogP contribution in [0.25, 0.3) is 0 Å². The van der Waals surface area contributed by atoms with Crippen LogP contribution in [0.1, 0.15) is 6.92 Å². The van der Waals surface area contributed by atoms with E-state index in [4.69, 9.17) is 27.9 Å². The largest absolute Gasteiger partial charge is 0.478 e. The highest BCUT2D eigenvalue weighted by Gasteiger charge is 1.99. The molecule has 0 N–H and O–H groups in total. The van der Waals surface area contributed by atoms with Gasteiger partial charge < -0.3 is 4.74 Å². The van der Waals surface area contributed by atoms with Gasteiger partial charge in [-0.25, -0.2) is 4.98 Å². The highest BCUT2D eigenvalue weighted by atomic mass is 35.5. The van der Waals surface area contributed by atoms with E-state index in [0.717, 1.165) is 0 Å². The van der Waals surface area contributed by atoms with Gasteiger partial charge in [-0.15, -0.1) is 0 Å². The van der Waals surface area contributed by atoms with Crippen molar-refractivity contribution in [2.75, 3.05) is 6.61 Å². The zero-order valence-electron chi connectivity index (χ0n) is 5.97. The molecule has 0 radical (unpaired) electrons. The predicted octanol–water partition coefficient (Wildman–Crippen LogP) is 2.79. The Bertz CT molecular complexity index is 252. The smallest absolute Gasteiger partial charge is 0.214 e. The van der Waals surface area contributed by atoms with E-state index >= 15 is 0 Å². The second kappa shape index (κ2) is 3.79. The molecule has 0 saturated heterocycles. The normalized spacial score (nSPS) is 9.73. The van der Waals surface area contributed by atoms with E-state index in [0.29, 0.717) is 22.5 Å². The molecule has 0 amide bonds. The number of ether oxygens (including phenoxy) is 1. The fraction of sp³-hybridized carbons (Fsp3) is 0.286. The first-order valence-electron chi connectivity index (χ1n) is 3.18. The molecule has 0 unspecified atom stereocenters. The van der Waals surface area contributed by atoms with Crippen molar-refractivity contribution in [2.45, 2.75) is 6.92 Å². The summed E-state index contributed by atoms with van der Waals surface area (Å²) in [6.07, 6.45) is 1.47. The van der Waals surface area contributed by atoms with E-state index in [1.807, 2.05) is 6.92 Å². The monoisotopic (exact) mass is 191 g/mol. The van der Waals surface area contributed by atoms with Crippen LogP contribution in [-0.2, 0) is 0 Å². The van der Waals surface area contributed by atoms with Gasteiger partial charge >= 0.3 is 0 Å². The molecule has 1 aromatic rings. The van der Waals surface area contributed by atoms with Crippen molar-refractivity contribution < 1.29 is 4.74 Å². The lowest BCUT2D eigenvalue weighted by molar-refractivity contribution is 0.327. The second-order valence-corrected chi connectivity index (χ2v) is 2.68.